The van der Waals surface area contributed by atoms with E-state index in [9.17, 15) is 19.8 Å². The minimum absolute atomic E-state index is 0.0471. The Morgan fingerprint density at radius 1 is 1.38 bits per heavy atom. The van der Waals surface area contributed by atoms with Gasteiger partial charge in [-0.1, -0.05) is 6.07 Å². The lowest BCUT2D eigenvalue weighted by Gasteiger charge is -2.58. The van der Waals surface area contributed by atoms with Gasteiger partial charge < -0.3 is 34.6 Å². The van der Waals surface area contributed by atoms with Crippen molar-refractivity contribution in [3.05, 3.63) is 35.1 Å². The van der Waals surface area contributed by atoms with Crippen LogP contribution in [0.2, 0.25) is 0 Å². The minimum atomic E-state index is -1.15. The van der Waals surface area contributed by atoms with Crippen LogP contribution in [0.15, 0.2) is 24.0 Å². The minimum Gasteiger partial charge on any atom is -0.493 e. The number of aryl methyl sites for hydroxylation is 1. The lowest BCUT2D eigenvalue weighted by Crippen LogP contribution is -2.71. The van der Waals surface area contributed by atoms with Gasteiger partial charge in [-0.15, -0.1) is 0 Å². The number of nitrogens with zero attached hydrogens (tertiary/aromatic N) is 1. The molecule has 2 aliphatic heterocycles. The number of amides is 1. The van der Waals surface area contributed by atoms with Crippen molar-refractivity contribution in [2.24, 2.45) is 0 Å². The van der Waals surface area contributed by atoms with Gasteiger partial charge in [0.1, 0.15) is 11.9 Å². The van der Waals surface area contributed by atoms with Crippen molar-refractivity contribution in [1.82, 2.24) is 10.2 Å². The van der Waals surface area contributed by atoms with Gasteiger partial charge >= 0.3 is 5.97 Å². The lowest BCUT2D eigenvalue weighted by molar-refractivity contribution is -0.161. The maximum Gasteiger partial charge on any atom is 0.312 e. The molecule has 3 N–H and O–H groups in total. The Morgan fingerprint density at radius 3 is 2.79 bits per heavy atom. The summed E-state index contributed by atoms with van der Waals surface area (Å²) in [5.74, 6) is 0.444. The first-order chi connectivity index (χ1) is 16.1. The second-order valence-electron chi connectivity index (χ2n) is 9.59. The number of aliphatic hydroxyl groups excluding tert-OH is 1. The van der Waals surface area contributed by atoms with Crippen LogP contribution in [0.1, 0.15) is 44.2 Å². The molecule has 0 radical (unpaired) electrons. The predicted octanol–water partition coefficient (Wildman–Crippen LogP) is 1.18. The third-order valence-corrected chi connectivity index (χ3v) is 7.78. The number of ether oxygens (including phenoxy) is 3. The Morgan fingerprint density at radius 2 is 2.12 bits per heavy atom. The number of piperidine rings is 1. The highest BCUT2D eigenvalue weighted by Gasteiger charge is 2.69. The van der Waals surface area contributed by atoms with Crippen LogP contribution in [0.4, 0.5) is 0 Å². The molecule has 0 bridgehead atoms. The number of rotatable bonds is 6. The van der Waals surface area contributed by atoms with E-state index in [1.807, 2.05) is 33.0 Å². The second kappa shape index (κ2) is 8.87. The summed E-state index contributed by atoms with van der Waals surface area (Å²) in [6, 6.07) is 3.66. The van der Waals surface area contributed by atoms with Crippen LogP contribution in [-0.2, 0) is 19.7 Å². The number of likely N-dealkylation sites (N-methyl/N-ethyl adjacent to an activating group) is 1. The van der Waals surface area contributed by atoms with Gasteiger partial charge in [0.05, 0.1) is 24.5 Å². The Labute approximate surface area is 199 Å². The SMILES string of the molecule is COc1ccc(C)c2c1O[C@H]1C(OC(=O)CCNC(=O)[C@H](C)O)=CC[C@@]3(O)[C@@H](C)N(C)CC[C@]213. The van der Waals surface area contributed by atoms with Gasteiger partial charge in [-0.05, 0) is 58.5 Å². The molecule has 34 heavy (non-hydrogen) atoms. The summed E-state index contributed by atoms with van der Waals surface area (Å²) < 4.78 is 17.8. The summed E-state index contributed by atoms with van der Waals surface area (Å²) in [5, 5.41) is 24.0. The molecular formula is C25H34N2O7. The molecule has 5 atom stereocenters. The number of likely N-dealkylation sites (tertiary alicyclic amines) is 1. The average Bonchev–Trinajstić information content (AvgIpc) is 3.16. The number of methoxy groups -OCH3 is 1. The van der Waals surface area contributed by atoms with Crippen molar-refractivity contribution < 1.29 is 34.0 Å². The van der Waals surface area contributed by atoms with E-state index in [4.69, 9.17) is 14.2 Å². The number of fused-ring (bicyclic) bond motifs is 1. The van der Waals surface area contributed by atoms with E-state index >= 15 is 0 Å². The van der Waals surface area contributed by atoms with E-state index < -0.39 is 35.1 Å². The van der Waals surface area contributed by atoms with Crippen LogP contribution in [0.3, 0.4) is 0 Å². The van der Waals surface area contributed by atoms with Gasteiger partial charge in [0.2, 0.25) is 5.91 Å². The summed E-state index contributed by atoms with van der Waals surface area (Å²) in [5.41, 5.74) is -0.0570. The van der Waals surface area contributed by atoms with E-state index in [1.54, 1.807) is 13.2 Å². The quantitative estimate of drug-likeness (QED) is 0.526. The summed E-state index contributed by atoms with van der Waals surface area (Å²) >= 11 is 0. The molecule has 1 amide bonds. The summed E-state index contributed by atoms with van der Waals surface area (Å²) in [4.78, 5) is 26.3. The van der Waals surface area contributed by atoms with Crippen molar-refractivity contribution in [3.63, 3.8) is 0 Å². The predicted molar refractivity (Wildman–Crippen MR) is 124 cm³/mol. The first-order valence-corrected chi connectivity index (χ1v) is 11.7. The molecule has 3 aliphatic rings. The van der Waals surface area contributed by atoms with E-state index in [0.29, 0.717) is 30.1 Å². The van der Waals surface area contributed by atoms with E-state index in [2.05, 4.69) is 10.2 Å². The topological polar surface area (TPSA) is 118 Å². The van der Waals surface area contributed by atoms with E-state index in [-0.39, 0.29) is 19.0 Å². The highest BCUT2D eigenvalue weighted by Crippen LogP contribution is 2.62. The third kappa shape index (κ3) is 3.57. The molecule has 1 aromatic carbocycles. The van der Waals surface area contributed by atoms with Crippen LogP contribution in [0.25, 0.3) is 0 Å². The van der Waals surface area contributed by atoms with Crippen molar-refractivity contribution >= 4 is 11.9 Å². The molecule has 1 fully saturated rings. The molecule has 2 heterocycles. The number of carbonyl (C=O) groups excluding carboxylic acids is 2. The lowest BCUT2D eigenvalue weighted by atomic mass is 9.54. The monoisotopic (exact) mass is 474 g/mol. The van der Waals surface area contributed by atoms with Crippen LogP contribution in [0.5, 0.6) is 11.5 Å². The standard InChI is InChI=1S/C25H34N2O7/c1-14-6-7-17(32-5)21-20(14)24-11-13-27(4)16(3)25(24,31)10-8-18(22(24)34-21)33-19(29)9-12-26-23(30)15(2)28/h6-8,15-16,22,28,31H,9-13H2,1-5H3,(H,26,30)/t15-,16+,22-,24-,25+/m0/s1. The van der Waals surface area contributed by atoms with Crippen LogP contribution in [0, 0.1) is 6.92 Å². The zero-order valence-corrected chi connectivity index (χ0v) is 20.4. The number of nitrogens with one attached hydrogen (secondary N) is 1. The second-order valence-corrected chi connectivity index (χ2v) is 9.59. The van der Waals surface area contributed by atoms with Crippen molar-refractivity contribution in [2.75, 3.05) is 27.2 Å². The molecule has 1 spiro atoms. The first-order valence-electron chi connectivity index (χ1n) is 11.7. The molecule has 4 rings (SSSR count). The highest BCUT2D eigenvalue weighted by atomic mass is 16.6. The number of esters is 1. The molecule has 1 aliphatic carbocycles. The number of hydrogen-bond acceptors (Lipinski definition) is 8. The fourth-order valence-corrected chi connectivity index (χ4v) is 5.77. The molecule has 0 saturated carbocycles. The number of carbonyl (C=O) groups is 2. The van der Waals surface area contributed by atoms with Gasteiger partial charge in [0, 0.05) is 24.6 Å². The maximum atomic E-state index is 12.6. The molecule has 1 aromatic rings. The fraction of sp³-hybridized carbons (Fsp3) is 0.600. The molecule has 0 aromatic heterocycles. The van der Waals surface area contributed by atoms with E-state index in [0.717, 1.165) is 17.7 Å². The number of hydrogen-bond donors (Lipinski definition) is 3. The summed E-state index contributed by atoms with van der Waals surface area (Å²) in [6.45, 7) is 6.16. The zero-order valence-electron chi connectivity index (χ0n) is 20.4. The van der Waals surface area contributed by atoms with Gasteiger partial charge in [-0.2, -0.15) is 0 Å². The Balaban J connectivity index is 1.68. The van der Waals surface area contributed by atoms with Gasteiger partial charge in [-0.3, -0.25) is 9.59 Å². The molecule has 1 saturated heterocycles. The van der Waals surface area contributed by atoms with Crippen LogP contribution < -0.4 is 14.8 Å². The molecule has 9 heteroatoms. The fourth-order valence-electron chi connectivity index (χ4n) is 5.77. The number of benzene rings is 1. The average molecular weight is 475 g/mol. The Hall–Kier alpha value is -2.62. The van der Waals surface area contributed by atoms with Crippen molar-refractivity contribution in [1.29, 1.82) is 0 Å². The first kappa shape index (κ1) is 24.5. The molecule has 186 valence electrons. The van der Waals surface area contributed by atoms with Crippen molar-refractivity contribution in [3.8, 4) is 11.5 Å². The largest absolute Gasteiger partial charge is 0.493 e. The zero-order chi connectivity index (χ0) is 24.8. The van der Waals surface area contributed by atoms with E-state index in [1.165, 1.54) is 6.92 Å². The third-order valence-electron chi connectivity index (χ3n) is 7.78. The summed E-state index contributed by atoms with van der Waals surface area (Å²) in [6.07, 6.45) is 0.769. The Kier molecular flexibility index (Phi) is 6.39. The van der Waals surface area contributed by atoms with Gasteiger partial charge in [0.15, 0.2) is 17.6 Å². The summed E-state index contributed by atoms with van der Waals surface area (Å²) in [7, 11) is 3.58. The van der Waals surface area contributed by atoms with Crippen LogP contribution in [-0.4, -0.2) is 78.1 Å². The van der Waals surface area contributed by atoms with Crippen LogP contribution >= 0.6 is 0 Å². The van der Waals surface area contributed by atoms with Gasteiger partial charge in [0.25, 0.3) is 0 Å². The highest BCUT2D eigenvalue weighted by molar-refractivity contribution is 5.80. The smallest absolute Gasteiger partial charge is 0.312 e. The number of aliphatic hydroxyl groups is 2. The van der Waals surface area contributed by atoms with Crippen molar-refractivity contribution in [2.45, 2.75) is 69.3 Å². The maximum absolute atomic E-state index is 12.6. The Bertz CT molecular complexity index is 1020. The van der Waals surface area contributed by atoms with Gasteiger partial charge in [-0.25, -0.2) is 0 Å². The molecule has 9 nitrogen and oxygen atoms in total. The molecular weight excluding hydrogens is 440 g/mol. The normalized spacial score (nSPS) is 30.7. The molecule has 0 unspecified atom stereocenters.